The van der Waals surface area contributed by atoms with Gasteiger partial charge in [-0.05, 0) is 49.2 Å². The first-order chi connectivity index (χ1) is 9.04. The van der Waals surface area contributed by atoms with Crippen LogP contribution in [0.5, 0.6) is 0 Å². The van der Waals surface area contributed by atoms with Gasteiger partial charge in [0.1, 0.15) is 5.15 Å². The number of anilines is 2. The van der Waals surface area contributed by atoms with Crippen molar-refractivity contribution >= 4 is 29.0 Å². The number of benzene rings is 1. The van der Waals surface area contributed by atoms with Gasteiger partial charge in [0.25, 0.3) is 0 Å². The Hall–Kier alpha value is -2.07. The van der Waals surface area contributed by atoms with Crippen LogP contribution in [0.4, 0.5) is 16.2 Å². The number of aryl methyl sites for hydroxylation is 2. The van der Waals surface area contributed by atoms with E-state index < -0.39 is 0 Å². The average molecular weight is 276 g/mol. The molecule has 0 radical (unpaired) electrons. The SMILES string of the molecule is Cc1ccc(NC(=O)Nc2ccc(Cl)nc2)cc1C. The first-order valence-electron chi connectivity index (χ1n) is 5.81. The van der Waals surface area contributed by atoms with Gasteiger partial charge in [0.2, 0.25) is 0 Å². The molecule has 98 valence electrons. The van der Waals surface area contributed by atoms with E-state index in [4.69, 9.17) is 11.6 Å². The maximum atomic E-state index is 11.8. The highest BCUT2D eigenvalue weighted by molar-refractivity contribution is 6.29. The highest BCUT2D eigenvalue weighted by atomic mass is 35.5. The van der Waals surface area contributed by atoms with E-state index >= 15 is 0 Å². The number of halogens is 1. The standard InChI is InChI=1S/C14H14ClN3O/c1-9-3-4-11(7-10(9)2)17-14(19)18-12-5-6-13(15)16-8-12/h3-8H,1-2H3,(H2,17,18,19). The molecule has 0 bridgehead atoms. The van der Waals surface area contributed by atoms with Crippen LogP contribution < -0.4 is 10.6 Å². The van der Waals surface area contributed by atoms with Crippen LogP contribution in [0.25, 0.3) is 0 Å². The van der Waals surface area contributed by atoms with Gasteiger partial charge in [-0.2, -0.15) is 0 Å². The van der Waals surface area contributed by atoms with Crippen LogP contribution in [0, 0.1) is 13.8 Å². The molecule has 0 saturated carbocycles. The summed E-state index contributed by atoms with van der Waals surface area (Å²) >= 11 is 5.67. The van der Waals surface area contributed by atoms with Gasteiger partial charge in [-0.3, -0.25) is 0 Å². The van der Waals surface area contributed by atoms with E-state index in [0.717, 1.165) is 11.3 Å². The second kappa shape index (κ2) is 5.71. The van der Waals surface area contributed by atoms with Gasteiger partial charge in [0, 0.05) is 5.69 Å². The van der Waals surface area contributed by atoms with Crippen LogP contribution in [0.1, 0.15) is 11.1 Å². The summed E-state index contributed by atoms with van der Waals surface area (Å²) in [5.74, 6) is 0. The Kier molecular flexibility index (Phi) is 4.02. The Morgan fingerprint density at radius 2 is 1.74 bits per heavy atom. The lowest BCUT2D eigenvalue weighted by molar-refractivity contribution is 0.262. The van der Waals surface area contributed by atoms with E-state index in [1.807, 2.05) is 32.0 Å². The quantitative estimate of drug-likeness (QED) is 0.814. The van der Waals surface area contributed by atoms with Gasteiger partial charge in [0.15, 0.2) is 0 Å². The fourth-order valence-corrected chi connectivity index (χ4v) is 1.67. The van der Waals surface area contributed by atoms with Gasteiger partial charge in [-0.15, -0.1) is 0 Å². The third kappa shape index (κ3) is 3.69. The van der Waals surface area contributed by atoms with E-state index in [1.54, 1.807) is 12.1 Å². The number of urea groups is 1. The normalized spacial score (nSPS) is 10.1. The molecule has 0 unspecified atom stereocenters. The summed E-state index contributed by atoms with van der Waals surface area (Å²) in [5.41, 5.74) is 3.66. The average Bonchev–Trinajstić information content (AvgIpc) is 2.37. The van der Waals surface area contributed by atoms with Crippen molar-refractivity contribution in [1.29, 1.82) is 0 Å². The lowest BCUT2D eigenvalue weighted by atomic mass is 10.1. The summed E-state index contributed by atoms with van der Waals surface area (Å²) in [6.45, 7) is 4.03. The minimum atomic E-state index is -0.313. The number of hydrogen-bond donors (Lipinski definition) is 2. The molecule has 0 aliphatic heterocycles. The van der Waals surface area contributed by atoms with E-state index in [0.29, 0.717) is 10.8 Å². The van der Waals surface area contributed by atoms with Gasteiger partial charge in [-0.25, -0.2) is 9.78 Å². The topological polar surface area (TPSA) is 54.0 Å². The van der Waals surface area contributed by atoms with Gasteiger partial charge in [0.05, 0.1) is 11.9 Å². The fourth-order valence-electron chi connectivity index (χ4n) is 1.56. The number of nitrogens with zero attached hydrogens (tertiary/aromatic N) is 1. The van der Waals surface area contributed by atoms with Crippen LogP contribution in [0.2, 0.25) is 5.15 Å². The molecule has 1 aromatic carbocycles. The molecule has 0 saturated heterocycles. The summed E-state index contributed by atoms with van der Waals surface area (Å²) in [7, 11) is 0. The minimum Gasteiger partial charge on any atom is -0.308 e. The molecule has 5 heteroatoms. The third-order valence-electron chi connectivity index (χ3n) is 2.75. The summed E-state index contributed by atoms with van der Waals surface area (Å²) in [4.78, 5) is 15.7. The first kappa shape index (κ1) is 13.4. The summed E-state index contributed by atoms with van der Waals surface area (Å²) in [5, 5.41) is 5.83. The van der Waals surface area contributed by atoms with Crippen molar-refractivity contribution in [3.63, 3.8) is 0 Å². The van der Waals surface area contributed by atoms with Gasteiger partial charge < -0.3 is 10.6 Å². The number of rotatable bonds is 2. The molecule has 0 atom stereocenters. The zero-order chi connectivity index (χ0) is 13.8. The summed E-state index contributed by atoms with van der Waals surface area (Å²) in [6.07, 6.45) is 1.50. The van der Waals surface area contributed by atoms with Crippen molar-refractivity contribution < 1.29 is 4.79 Å². The summed E-state index contributed by atoms with van der Waals surface area (Å²) in [6, 6.07) is 8.75. The summed E-state index contributed by atoms with van der Waals surface area (Å²) < 4.78 is 0. The van der Waals surface area contributed by atoms with Crippen molar-refractivity contribution in [1.82, 2.24) is 4.98 Å². The van der Waals surface area contributed by atoms with Gasteiger partial charge >= 0.3 is 6.03 Å². The van der Waals surface area contributed by atoms with Gasteiger partial charge in [-0.1, -0.05) is 17.7 Å². The van der Waals surface area contributed by atoms with Crippen molar-refractivity contribution in [3.05, 3.63) is 52.8 Å². The first-order valence-corrected chi connectivity index (χ1v) is 6.19. The molecule has 2 N–H and O–H groups in total. The lowest BCUT2D eigenvalue weighted by Gasteiger charge is -2.09. The Balaban J connectivity index is 2.01. The van der Waals surface area contributed by atoms with Crippen LogP contribution >= 0.6 is 11.6 Å². The molecule has 2 amide bonds. The molecule has 1 aromatic heterocycles. The maximum Gasteiger partial charge on any atom is 0.323 e. The van der Waals surface area contributed by atoms with E-state index in [-0.39, 0.29) is 6.03 Å². The predicted molar refractivity (Wildman–Crippen MR) is 77.8 cm³/mol. The molecular weight excluding hydrogens is 262 g/mol. The molecule has 0 spiro atoms. The fraction of sp³-hybridized carbons (Fsp3) is 0.143. The molecule has 19 heavy (non-hydrogen) atoms. The monoisotopic (exact) mass is 275 g/mol. The van der Waals surface area contributed by atoms with Crippen LogP contribution in [0.15, 0.2) is 36.5 Å². The molecule has 2 aromatic rings. The molecular formula is C14H14ClN3O. The second-order valence-corrected chi connectivity index (χ2v) is 4.64. The van der Waals surface area contributed by atoms with Crippen LogP contribution in [0.3, 0.4) is 0 Å². The molecule has 0 fully saturated rings. The smallest absolute Gasteiger partial charge is 0.308 e. The second-order valence-electron chi connectivity index (χ2n) is 4.25. The number of nitrogens with one attached hydrogen (secondary N) is 2. The Bertz CT molecular complexity index is 596. The third-order valence-corrected chi connectivity index (χ3v) is 2.97. The van der Waals surface area contributed by atoms with Crippen molar-refractivity contribution in [2.75, 3.05) is 10.6 Å². The largest absolute Gasteiger partial charge is 0.323 e. The molecule has 2 rings (SSSR count). The predicted octanol–water partition coefficient (Wildman–Crippen LogP) is 4.00. The lowest BCUT2D eigenvalue weighted by Crippen LogP contribution is -2.19. The Morgan fingerprint density at radius 1 is 1.05 bits per heavy atom. The van der Waals surface area contributed by atoms with Crippen molar-refractivity contribution in [3.8, 4) is 0 Å². The zero-order valence-electron chi connectivity index (χ0n) is 10.7. The zero-order valence-corrected chi connectivity index (χ0v) is 11.5. The van der Waals surface area contributed by atoms with Crippen LogP contribution in [-0.4, -0.2) is 11.0 Å². The Morgan fingerprint density at radius 3 is 2.37 bits per heavy atom. The number of aromatic nitrogens is 1. The minimum absolute atomic E-state index is 0.313. The van der Waals surface area contributed by atoms with E-state index in [9.17, 15) is 4.79 Å². The molecule has 1 heterocycles. The number of carbonyl (C=O) groups is 1. The van der Waals surface area contributed by atoms with Crippen LogP contribution in [-0.2, 0) is 0 Å². The number of pyridine rings is 1. The number of carbonyl (C=O) groups excluding carboxylic acids is 1. The Labute approximate surface area is 116 Å². The number of amides is 2. The highest BCUT2D eigenvalue weighted by Gasteiger charge is 2.03. The van der Waals surface area contributed by atoms with Crippen molar-refractivity contribution in [2.45, 2.75) is 13.8 Å². The molecule has 0 aliphatic rings. The molecule has 0 aliphatic carbocycles. The van der Waals surface area contributed by atoms with Crippen molar-refractivity contribution in [2.24, 2.45) is 0 Å². The van der Waals surface area contributed by atoms with E-state index in [2.05, 4.69) is 15.6 Å². The van der Waals surface area contributed by atoms with E-state index in [1.165, 1.54) is 11.8 Å². The number of hydrogen-bond acceptors (Lipinski definition) is 2. The molecule has 4 nitrogen and oxygen atoms in total. The maximum absolute atomic E-state index is 11.8. The highest BCUT2D eigenvalue weighted by Crippen LogP contribution is 2.15.